The summed E-state index contributed by atoms with van der Waals surface area (Å²) in [5.74, 6) is 0. The number of hydrogen-bond donors (Lipinski definition) is 1. The van der Waals surface area contributed by atoms with Crippen molar-refractivity contribution in [2.24, 2.45) is 5.41 Å². The minimum absolute atomic E-state index is 0.495. The van der Waals surface area contributed by atoms with Crippen molar-refractivity contribution in [3.8, 4) is 0 Å². The van der Waals surface area contributed by atoms with Crippen LogP contribution in [-0.4, -0.2) is 36.6 Å². The highest BCUT2D eigenvalue weighted by atomic mass is 32.1. The maximum Gasteiger partial charge on any atom is 0.0897 e. The molecule has 1 aromatic heterocycles. The molecular weight excluding hydrogens is 242 g/mol. The van der Waals surface area contributed by atoms with Crippen LogP contribution in [0.2, 0.25) is 0 Å². The van der Waals surface area contributed by atoms with Crippen molar-refractivity contribution in [3.63, 3.8) is 0 Å². The highest BCUT2D eigenvalue weighted by Crippen LogP contribution is 2.32. The Bertz CT molecular complexity index is 369. The van der Waals surface area contributed by atoms with Crippen LogP contribution in [0.15, 0.2) is 5.38 Å². The lowest BCUT2D eigenvalue weighted by Crippen LogP contribution is -2.37. The Labute approximate surface area is 115 Å². The summed E-state index contributed by atoms with van der Waals surface area (Å²) < 4.78 is 0. The van der Waals surface area contributed by atoms with Gasteiger partial charge < -0.3 is 5.32 Å². The van der Waals surface area contributed by atoms with E-state index in [2.05, 4.69) is 41.5 Å². The number of nitrogens with one attached hydrogen (secondary N) is 1. The van der Waals surface area contributed by atoms with E-state index in [4.69, 9.17) is 0 Å². The summed E-state index contributed by atoms with van der Waals surface area (Å²) in [5, 5.41) is 6.89. The van der Waals surface area contributed by atoms with Gasteiger partial charge in [0.2, 0.25) is 0 Å². The monoisotopic (exact) mass is 267 g/mol. The summed E-state index contributed by atoms with van der Waals surface area (Å²) in [7, 11) is 2.23. The highest BCUT2D eigenvalue weighted by molar-refractivity contribution is 7.09. The molecule has 1 aliphatic rings. The van der Waals surface area contributed by atoms with Crippen LogP contribution in [-0.2, 0) is 6.54 Å². The van der Waals surface area contributed by atoms with Crippen LogP contribution < -0.4 is 5.32 Å². The second-order valence-electron chi connectivity index (χ2n) is 5.71. The van der Waals surface area contributed by atoms with E-state index in [1.807, 2.05) is 0 Å². The topological polar surface area (TPSA) is 28.2 Å². The third kappa shape index (κ3) is 3.53. The zero-order valence-corrected chi connectivity index (χ0v) is 12.6. The Balaban J connectivity index is 1.90. The second kappa shape index (κ2) is 6.13. The van der Waals surface area contributed by atoms with Crippen LogP contribution in [0, 0.1) is 12.3 Å². The molecule has 0 bridgehead atoms. The fraction of sp³-hybridized carbons (Fsp3) is 0.786. The summed E-state index contributed by atoms with van der Waals surface area (Å²) in [4.78, 5) is 7.00. The maximum atomic E-state index is 4.56. The molecule has 102 valence electrons. The van der Waals surface area contributed by atoms with E-state index in [1.165, 1.54) is 49.6 Å². The van der Waals surface area contributed by atoms with Crippen molar-refractivity contribution in [2.75, 3.05) is 26.7 Å². The quantitative estimate of drug-likeness (QED) is 0.859. The molecule has 1 aliphatic heterocycles. The molecule has 1 saturated heterocycles. The van der Waals surface area contributed by atoms with Crippen molar-refractivity contribution < 1.29 is 0 Å². The number of hydrogen-bond acceptors (Lipinski definition) is 4. The van der Waals surface area contributed by atoms with Crippen LogP contribution >= 0.6 is 11.3 Å². The van der Waals surface area contributed by atoms with Crippen LogP contribution in [0.1, 0.15) is 36.9 Å². The largest absolute Gasteiger partial charge is 0.316 e. The molecule has 4 heteroatoms. The third-order valence-corrected chi connectivity index (χ3v) is 4.64. The summed E-state index contributed by atoms with van der Waals surface area (Å²) >= 11 is 1.75. The Morgan fingerprint density at radius 2 is 2.39 bits per heavy atom. The van der Waals surface area contributed by atoms with E-state index in [0.717, 1.165) is 6.54 Å². The molecule has 1 N–H and O–H groups in total. The van der Waals surface area contributed by atoms with Gasteiger partial charge in [-0.3, -0.25) is 4.90 Å². The number of aryl methyl sites for hydroxylation is 1. The molecule has 0 spiro atoms. The Morgan fingerprint density at radius 1 is 1.56 bits per heavy atom. The lowest BCUT2D eigenvalue weighted by Gasteiger charge is -2.32. The van der Waals surface area contributed by atoms with Crippen molar-refractivity contribution in [2.45, 2.75) is 39.7 Å². The van der Waals surface area contributed by atoms with E-state index in [9.17, 15) is 0 Å². The van der Waals surface area contributed by atoms with Gasteiger partial charge in [0.1, 0.15) is 0 Å². The predicted molar refractivity (Wildman–Crippen MR) is 78.0 cm³/mol. The Hall–Kier alpha value is -0.450. The molecule has 1 atom stereocenters. The van der Waals surface area contributed by atoms with Gasteiger partial charge >= 0.3 is 0 Å². The van der Waals surface area contributed by atoms with Gasteiger partial charge in [-0.25, -0.2) is 4.98 Å². The van der Waals surface area contributed by atoms with Crippen molar-refractivity contribution in [1.82, 2.24) is 15.2 Å². The van der Waals surface area contributed by atoms with Gasteiger partial charge in [-0.05, 0) is 38.8 Å². The predicted octanol–water partition coefficient (Wildman–Crippen LogP) is 2.66. The standard InChI is InChI=1S/C14H25N3S/c1-4-5-14(6-7-15-10-14)11-17(3)8-13-9-18-12(2)16-13/h9,15H,4-8,10-11H2,1-3H3. The fourth-order valence-corrected chi connectivity index (χ4v) is 3.74. The van der Waals surface area contributed by atoms with E-state index >= 15 is 0 Å². The SMILES string of the molecule is CCCC1(CN(C)Cc2csc(C)n2)CCNC1. The molecule has 1 aromatic rings. The summed E-state index contributed by atoms with van der Waals surface area (Å²) in [6, 6.07) is 0. The van der Waals surface area contributed by atoms with Gasteiger partial charge in [-0.1, -0.05) is 13.3 Å². The first-order valence-electron chi connectivity index (χ1n) is 6.94. The lowest BCUT2D eigenvalue weighted by atomic mass is 9.82. The zero-order valence-electron chi connectivity index (χ0n) is 11.8. The maximum absolute atomic E-state index is 4.56. The van der Waals surface area contributed by atoms with Gasteiger partial charge in [-0.2, -0.15) is 0 Å². The molecule has 18 heavy (non-hydrogen) atoms. The second-order valence-corrected chi connectivity index (χ2v) is 6.77. The Kier molecular flexibility index (Phi) is 4.76. The minimum Gasteiger partial charge on any atom is -0.316 e. The van der Waals surface area contributed by atoms with E-state index < -0.39 is 0 Å². The van der Waals surface area contributed by atoms with Crippen LogP contribution in [0.25, 0.3) is 0 Å². The van der Waals surface area contributed by atoms with E-state index in [-0.39, 0.29) is 0 Å². The number of nitrogens with zero attached hydrogens (tertiary/aromatic N) is 2. The first-order chi connectivity index (χ1) is 8.63. The fourth-order valence-electron chi connectivity index (χ4n) is 3.14. The number of rotatable bonds is 6. The van der Waals surface area contributed by atoms with Gasteiger partial charge in [0.15, 0.2) is 0 Å². The lowest BCUT2D eigenvalue weighted by molar-refractivity contribution is 0.171. The first kappa shape index (κ1) is 14.0. The van der Waals surface area contributed by atoms with Crippen LogP contribution in [0.4, 0.5) is 0 Å². The molecular formula is C14H25N3S. The Morgan fingerprint density at radius 3 is 2.94 bits per heavy atom. The van der Waals surface area contributed by atoms with Gasteiger partial charge in [0.25, 0.3) is 0 Å². The molecule has 0 radical (unpaired) electrons. The van der Waals surface area contributed by atoms with Crippen molar-refractivity contribution in [3.05, 3.63) is 16.1 Å². The molecule has 3 nitrogen and oxygen atoms in total. The molecule has 0 aliphatic carbocycles. The summed E-state index contributed by atoms with van der Waals surface area (Å²) in [5.41, 5.74) is 1.71. The average molecular weight is 267 g/mol. The molecule has 1 unspecified atom stereocenters. The van der Waals surface area contributed by atoms with Gasteiger partial charge in [0, 0.05) is 25.0 Å². The van der Waals surface area contributed by atoms with Crippen molar-refractivity contribution in [1.29, 1.82) is 0 Å². The minimum atomic E-state index is 0.495. The molecule has 0 amide bonds. The number of aromatic nitrogens is 1. The molecule has 2 rings (SSSR count). The highest BCUT2D eigenvalue weighted by Gasteiger charge is 2.33. The van der Waals surface area contributed by atoms with Gasteiger partial charge in [0.05, 0.1) is 10.7 Å². The average Bonchev–Trinajstić information content (AvgIpc) is 2.89. The summed E-state index contributed by atoms with van der Waals surface area (Å²) in [6.07, 6.45) is 3.94. The van der Waals surface area contributed by atoms with Crippen LogP contribution in [0.3, 0.4) is 0 Å². The summed E-state index contributed by atoms with van der Waals surface area (Å²) in [6.45, 7) is 8.91. The number of thiazole rings is 1. The molecule has 0 saturated carbocycles. The third-order valence-electron chi connectivity index (χ3n) is 3.82. The first-order valence-corrected chi connectivity index (χ1v) is 7.82. The zero-order chi connectivity index (χ0) is 13.0. The van der Waals surface area contributed by atoms with Gasteiger partial charge in [-0.15, -0.1) is 11.3 Å². The van der Waals surface area contributed by atoms with E-state index in [0.29, 0.717) is 5.41 Å². The van der Waals surface area contributed by atoms with Crippen LogP contribution in [0.5, 0.6) is 0 Å². The smallest absolute Gasteiger partial charge is 0.0897 e. The molecule has 1 fully saturated rings. The normalized spacial score (nSPS) is 24.0. The molecule has 0 aromatic carbocycles. The van der Waals surface area contributed by atoms with Crippen molar-refractivity contribution >= 4 is 11.3 Å². The molecule has 2 heterocycles. The van der Waals surface area contributed by atoms with E-state index in [1.54, 1.807) is 11.3 Å².